The van der Waals surface area contributed by atoms with E-state index in [1.807, 2.05) is 12.1 Å². The Morgan fingerprint density at radius 1 is 1.04 bits per heavy atom. The van der Waals surface area contributed by atoms with Gasteiger partial charge in [0.25, 0.3) is 0 Å². The normalized spacial score (nSPS) is 9.92. The van der Waals surface area contributed by atoms with Crippen LogP contribution in [0.3, 0.4) is 0 Å². The fourth-order valence-electron chi connectivity index (χ4n) is 1.94. The number of rotatable bonds is 6. The lowest BCUT2D eigenvalue weighted by molar-refractivity contribution is -0.114. The second kappa shape index (κ2) is 8.79. The van der Waals surface area contributed by atoms with E-state index in [2.05, 4.69) is 16.0 Å². The highest BCUT2D eigenvalue weighted by Crippen LogP contribution is 2.22. The molecule has 3 amide bonds. The van der Waals surface area contributed by atoms with Crippen molar-refractivity contribution in [3.05, 3.63) is 53.6 Å². The second-order valence-electron chi connectivity index (χ2n) is 4.92. The van der Waals surface area contributed by atoms with Gasteiger partial charge in [0.15, 0.2) is 0 Å². The molecule has 0 spiro atoms. The Bertz CT molecular complexity index is 722. The SMILES string of the molecule is CC(=O)Nc1cccc(NC(=O)NCCOc2ccccc2Cl)c1. The molecule has 0 fully saturated rings. The van der Waals surface area contributed by atoms with Gasteiger partial charge < -0.3 is 20.7 Å². The number of hydrogen-bond acceptors (Lipinski definition) is 3. The van der Waals surface area contributed by atoms with Crippen LogP contribution in [0.4, 0.5) is 16.2 Å². The summed E-state index contributed by atoms with van der Waals surface area (Å²) in [5.41, 5.74) is 1.19. The maximum Gasteiger partial charge on any atom is 0.319 e. The Morgan fingerprint density at radius 3 is 2.46 bits per heavy atom. The highest BCUT2D eigenvalue weighted by atomic mass is 35.5. The molecule has 0 unspecified atom stereocenters. The van der Waals surface area contributed by atoms with E-state index in [0.717, 1.165) is 0 Å². The van der Waals surface area contributed by atoms with Crippen molar-refractivity contribution in [2.45, 2.75) is 6.92 Å². The van der Waals surface area contributed by atoms with Gasteiger partial charge in [-0.2, -0.15) is 0 Å². The number of urea groups is 1. The van der Waals surface area contributed by atoms with Crippen molar-refractivity contribution in [2.75, 3.05) is 23.8 Å². The van der Waals surface area contributed by atoms with Crippen molar-refractivity contribution in [2.24, 2.45) is 0 Å². The lowest BCUT2D eigenvalue weighted by Crippen LogP contribution is -2.32. The molecule has 0 saturated heterocycles. The van der Waals surface area contributed by atoms with Gasteiger partial charge in [-0.25, -0.2) is 4.79 Å². The third-order valence-electron chi connectivity index (χ3n) is 2.92. The molecule has 0 bridgehead atoms. The van der Waals surface area contributed by atoms with Gasteiger partial charge in [-0.3, -0.25) is 4.79 Å². The summed E-state index contributed by atoms with van der Waals surface area (Å²) in [6.07, 6.45) is 0. The molecule has 0 aliphatic carbocycles. The van der Waals surface area contributed by atoms with Crippen LogP contribution in [0.1, 0.15) is 6.92 Å². The summed E-state index contributed by atoms with van der Waals surface area (Å²) in [4.78, 5) is 22.9. The van der Waals surface area contributed by atoms with Crippen LogP contribution in [0.2, 0.25) is 5.02 Å². The molecule has 126 valence electrons. The molecule has 2 aromatic rings. The van der Waals surface area contributed by atoms with Gasteiger partial charge in [0, 0.05) is 18.3 Å². The molecule has 3 N–H and O–H groups in total. The standard InChI is InChI=1S/C17H18ClN3O3/c1-12(22)20-13-5-4-6-14(11-13)21-17(23)19-9-10-24-16-8-3-2-7-15(16)18/h2-8,11H,9-10H2,1H3,(H,20,22)(H2,19,21,23). The van der Waals surface area contributed by atoms with E-state index in [1.165, 1.54) is 6.92 Å². The lowest BCUT2D eigenvalue weighted by atomic mass is 10.3. The van der Waals surface area contributed by atoms with Gasteiger partial charge in [-0.15, -0.1) is 0 Å². The summed E-state index contributed by atoms with van der Waals surface area (Å²) < 4.78 is 5.48. The molecule has 0 aliphatic heterocycles. The summed E-state index contributed by atoms with van der Waals surface area (Å²) >= 11 is 5.97. The maximum absolute atomic E-state index is 11.8. The first-order chi connectivity index (χ1) is 11.5. The summed E-state index contributed by atoms with van der Waals surface area (Å²) in [6, 6.07) is 13.6. The average molecular weight is 348 g/mol. The Labute approximate surface area is 145 Å². The zero-order valence-electron chi connectivity index (χ0n) is 13.1. The number of carbonyl (C=O) groups is 2. The lowest BCUT2D eigenvalue weighted by Gasteiger charge is -2.10. The fourth-order valence-corrected chi connectivity index (χ4v) is 2.13. The number of amides is 3. The van der Waals surface area contributed by atoms with Gasteiger partial charge in [0.1, 0.15) is 12.4 Å². The Hall–Kier alpha value is -2.73. The Kier molecular flexibility index (Phi) is 6.45. The molecule has 0 aromatic heterocycles. The topological polar surface area (TPSA) is 79.5 Å². The molecule has 24 heavy (non-hydrogen) atoms. The molecule has 2 rings (SSSR count). The quantitative estimate of drug-likeness (QED) is 0.700. The number of ether oxygens (including phenoxy) is 1. The maximum atomic E-state index is 11.8. The largest absolute Gasteiger partial charge is 0.490 e. The van der Waals surface area contributed by atoms with E-state index >= 15 is 0 Å². The predicted octanol–water partition coefficient (Wildman–Crippen LogP) is 3.50. The molecule has 0 atom stereocenters. The number of halogens is 1. The number of nitrogens with one attached hydrogen (secondary N) is 3. The minimum absolute atomic E-state index is 0.173. The molecule has 7 heteroatoms. The first-order valence-corrected chi connectivity index (χ1v) is 7.72. The zero-order chi connectivity index (χ0) is 17.4. The third kappa shape index (κ3) is 5.81. The Morgan fingerprint density at radius 2 is 1.75 bits per heavy atom. The van der Waals surface area contributed by atoms with Crippen LogP contribution in [-0.4, -0.2) is 25.1 Å². The summed E-state index contributed by atoms with van der Waals surface area (Å²) in [5.74, 6) is 0.401. The van der Waals surface area contributed by atoms with Crippen molar-refractivity contribution in [3.63, 3.8) is 0 Å². The summed E-state index contributed by atoms with van der Waals surface area (Å²) in [5, 5.41) is 8.53. The van der Waals surface area contributed by atoms with E-state index in [9.17, 15) is 9.59 Å². The van der Waals surface area contributed by atoms with Crippen LogP contribution in [0.5, 0.6) is 5.75 Å². The van der Waals surface area contributed by atoms with E-state index in [-0.39, 0.29) is 11.9 Å². The molecule has 0 saturated carbocycles. The predicted molar refractivity (Wildman–Crippen MR) is 94.7 cm³/mol. The van der Waals surface area contributed by atoms with Crippen LogP contribution in [-0.2, 0) is 4.79 Å². The van der Waals surface area contributed by atoms with Crippen LogP contribution < -0.4 is 20.7 Å². The molecular weight excluding hydrogens is 330 g/mol. The number of carbonyl (C=O) groups excluding carboxylic acids is 2. The van der Waals surface area contributed by atoms with Crippen molar-refractivity contribution >= 4 is 34.9 Å². The molecule has 6 nitrogen and oxygen atoms in total. The monoisotopic (exact) mass is 347 g/mol. The number of benzene rings is 2. The molecule has 2 aromatic carbocycles. The first-order valence-electron chi connectivity index (χ1n) is 7.34. The van der Waals surface area contributed by atoms with Crippen LogP contribution in [0, 0.1) is 0 Å². The summed E-state index contributed by atoms with van der Waals surface area (Å²) in [6.45, 7) is 2.04. The third-order valence-corrected chi connectivity index (χ3v) is 3.23. The van der Waals surface area contributed by atoms with E-state index < -0.39 is 0 Å². The van der Waals surface area contributed by atoms with Gasteiger partial charge in [-0.1, -0.05) is 29.8 Å². The van der Waals surface area contributed by atoms with Gasteiger partial charge in [0.2, 0.25) is 5.91 Å². The van der Waals surface area contributed by atoms with Crippen LogP contribution in [0.15, 0.2) is 48.5 Å². The minimum atomic E-state index is -0.363. The van der Waals surface area contributed by atoms with E-state index in [0.29, 0.717) is 35.3 Å². The number of hydrogen-bond donors (Lipinski definition) is 3. The van der Waals surface area contributed by atoms with Crippen molar-refractivity contribution < 1.29 is 14.3 Å². The van der Waals surface area contributed by atoms with Gasteiger partial charge >= 0.3 is 6.03 Å². The van der Waals surface area contributed by atoms with Crippen LogP contribution >= 0.6 is 11.6 Å². The second-order valence-corrected chi connectivity index (χ2v) is 5.33. The molecular formula is C17H18ClN3O3. The van der Waals surface area contributed by atoms with Crippen molar-refractivity contribution in [1.29, 1.82) is 0 Å². The van der Waals surface area contributed by atoms with E-state index in [4.69, 9.17) is 16.3 Å². The zero-order valence-corrected chi connectivity index (χ0v) is 13.9. The Balaban J connectivity index is 1.75. The van der Waals surface area contributed by atoms with Crippen LogP contribution in [0.25, 0.3) is 0 Å². The van der Waals surface area contributed by atoms with Gasteiger partial charge in [0.05, 0.1) is 11.6 Å². The minimum Gasteiger partial charge on any atom is -0.490 e. The highest BCUT2D eigenvalue weighted by molar-refractivity contribution is 6.32. The van der Waals surface area contributed by atoms with Crippen molar-refractivity contribution in [1.82, 2.24) is 5.32 Å². The average Bonchev–Trinajstić information content (AvgIpc) is 2.53. The summed E-state index contributed by atoms with van der Waals surface area (Å²) in [7, 11) is 0. The first kappa shape index (κ1) is 17.6. The molecule has 0 radical (unpaired) electrons. The van der Waals surface area contributed by atoms with Gasteiger partial charge in [-0.05, 0) is 30.3 Å². The smallest absolute Gasteiger partial charge is 0.319 e. The fraction of sp³-hybridized carbons (Fsp3) is 0.176. The van der Waals surface area contributed by atoms with Crippen molar-refractivity contribution in [3.8, 4) is 5.75 Å². The van der Waals surface area contributed by atoms with E-state index in [1.54, 1.807) is 36.4 Å². The number of anilines is 2. The molecule has 0 heterocycles. The molecule has 0 aliphatic rings. The highest BCUT2D eigenvalue weighted by Gasteiger charge is 2.04. The number of para-hydroxylation sites is 1.